The van der Waals surface area contributed by atoms with Gasteiger partial charge in [0.05, 0.1) is 7.11 Å². The van der Waals surface area contributed by atoms with E-state index in [1.54, 1.807) is 54.6 Å². The molecular weight excluding hydrogens is 310 g/mol. The van der Waals surface area contributed by atoms with E-state index in [0.717, 1.165) is 0 Å². The molecule has 0 aliphatic rings. The first-order valence-corrected chi connectivity index (χ1v) is 7.11. The number of hydrogen-bond acceptors (Lipinski definition) is 5. The SMILES string of the molecule is COc1cccc(NC(=O)C(=O)[C@H](C(=O)NN)c2ccccc2)c1. The Labute approximate surface area is 138 Å². The van der Waals surface area contributed by atoms with Crippen molar-refractivity contribution in [3.05, 3.63) is 60.2 Å². The molecule has 0 spiro atoms. The summed E-state index contributed by atoms with van der Waals surface area (Å²) in [6.07, 6.45) is 0. The van der Waals surface area contributed by atoms with E-state index in [-0.39, 0.29) is 0 Å². The molecule has 24 heavy (non-hydrogen) atoms. The molecule has 0 unspecified atom stereocenters. The zero-order valence-electron chi connectivity index (χ0n) is 13.0. The minimum atomic E-state index is -1.32. The Morgan fingerprint density at radius 3 is 2.38 bits per heavy atom. The number of carbonyl (C=O) groups excluding carboxylic acids is 3. The molecule has 0 aliphatic carbocycles. The van der Waals surface area contributed by atoms with E-state index in [1.807, 2.05) is 5.43 Å². The molecule has 2 rings (SSSR count). The number of methoxy groups -OCH3 is 1. The molecule has 7 heteroatoms. The third kappa shape index (κ3) is 3.96. The molecule has 0 aliphatic heterocycles. The van der Waals surface area contributed by atoms with Gasteiger partial charge >= 0.3 is 0 Å². The van der Waals surface area contributed by atoms with Crippen LogP contribution >= 0.6 is 0 Å². The number of carbonyl (C=O) groups is 3. The fourth-order valence-corrected chi connectivity index (χ4v) is 2.18. The van der Waals surface area contributed by atoms with Crippen LogP contribution in [0.1, 0.15) is 11.5 Å². The van der Waals surface area contributed by atoms with E-state index in [1.165, 1.54) is 7.11 Å². The van der Waals surface area contributed by atoms with Gasteiger partial charge in [-0.25, -0.2) is 5.84 Å². The second-order valence-corrected chi connectivity index (χ2v) is 4.90. The van der Waals surface area contributed by atoms with E-state index >= 15 is 0 Å². The van der Waals surface area contributed by atoms with Gasteiger partial charge in [0.1, 0.15) is 11.7 Å². The number of anilines is 1. The zero-order valence-corrected chi connectivity index (χ0v) is 13.0. The predicted octanol–water partition coefficient (Wildman–Crippen LogP) is 0.976. The van der Waals surface area contributed by atoms with Crippen molar-refractivity contribution < 1.29 is 19.1 Å². The van der Waals surface area contributed by atoms with Crippen LogP contribution in [0.15, 0.2) is 54.6 Å². The smallest absolute Gasteiger partial charge is 0.292 e. The minimum absolute atomic E-state index is 0.381. The highest BCUT2D eigenvalue weighted by Crippen LogP contribution is 2.20. The molecule has 7 nitrogen and oxygen atoms in total. The third-order valence-electron chi connectivity index (χ3n) is 3.35. The first-order chi connectivity index (χ1) is 11.6. The highest BCUT2D eigenvalue weighted by atomic mass is 16.5. The van der Waals surface area contributed by atoms with E-state index < -0.39 is 23.5 Å². The van der Waals surface area contributed by atoms with Gasteiger partial charge in [-0.1, -0.05) is 36.4 Å². The lowest BCUT2D eigenvalue weighted by Crippen LogP contribution is -2.41. The van der Waals surface area contributed by atoms with Crippen molar-refractivity contribution in [1.29, 1.82) is 0 Å². The first-order valence-electron chi connectivity index (χ1n) is 7.11. The summed E-state index contributed by atoms with van der Waals surface area (Å²) >= 11 is 0. The number of rotatable bonds is 6. The fraction of sp³-hybridized carbons (Fsp3) is 0.118. The lowest BCUT2D eigenvalue weighted by Gasteiger charge is -2.14. The maximum absolute atomic E-state index is 12.4. The number of Topliss-reactive ketones (excluding diaryl/α,β-unsaturated/α-hetero) is 1. The predicted molar refractivity (Wildman–Crippen MR) is 88.1 cm³/mol. The summed E-state index contributed by atoms with van der Waals surface area (Å²) in [6.45, 7) is 0. The Morgan fingerprint density at radius 2 is 1.75 bits per heavy atom. The van der Waals surface area contributed by atoms with Gasteiger partial charge in [-0.3, -0.25) is 19.8 Å². The van der Waals surface area contributed by atoms with Crippen molar-refractivity contribution in [1.82, 2.24) is 5.43 Å². The molecule has 0 saturated carbocycles. The third-order valence-corrected chi connectivity index (χ3v) is 3.35. The molecule has 124 valence electrons. The van der Waals surface area contributed by atoms with Crippen molar-refractivity contribution >= 4 is 23.3 Å². The number of ketones is 1. The van der Waals surface area contributed by atoms with Gasteiger partial charge in [-0.15, -0.1) is 0 Å². The minimum Gasteiger partial charge on any atom is -0.497 e. The van der Waals surface area contributed by atoms with Crippen LogP contribution in [-0.4, -0.2) is 24.7 Å². The van der Waals surface area contributed by atoms with E-state index in [2.05, 4.69) is 5.32 Å². The van der Waals surface area contributed by atoms with Gasteiger partial charge in [0.15, 0.2) is 0 Å². The average Bonchev–Trinajstić information content (AvgIpc) is 2.62. The molecule has 0 heterocycles. The standard InChI is InChI=1S/C17H17N3O4/c1-24-13-9-5-8-12(10-13)19-17(23)15(21)14(16(22)20-18)11-6-3-2-4-7-11/h2-10,14H,18H2,1H3,(H,19,23)(H,20,22)/t14-/m1/s1. The quantitative estimate of drug-likeness (QED) is 0.241. The first kappa shape index (κ1) is 17.2. The summed E-state index contributed by atoms with van der Waals surface area (Å²) in [5.74, 6) is 1.76. The maximum Gasteiger partial charge on any atom is 0.292 e. The summed E-state index contributed by atoms with van der Waals surface area (Å²) in [6, 6.07) is 14.8. The molecule has 0 saturated heterocycles. The molecular formula is C17H17N3O4. The topological polar surface area (TPSA) is 111 Å². The van der Waals surface area contributed by atoms with Crippen LogP contribution in [0.2, 0.25) is 0 Å². The van der Waals surface area contributed by atoms with Crippen LogP contribution < -0.4 is 21.3 Å². The summed E-state index contributed by atoms with van der Waals surface area (Å²) in [7, 11) is 1.49. The molecule has 2 aromatic carbocycles. The molecule has 0 bridgehead atoms. The van der Waals surface area contributed by atoms with Crippen LogP contribution in [-0.2, 0) is 14.4 Å². The van der Waals surface area contributed by atoms with Crippen molar-refractivity contribution in [3.8, 4) is 5.75 Å². The monoisotopic (exact) mass is 327 g/mol. The van der Waals surface area contributed by atoms with Crippen molar-refractivity contribution in [2.24, 2.45) is 5.84 Å². The van der Waals surface area contributed by atoms with Crippen LogP contribution in [0, 0.1) is 0 Å². The van der Waals surface area contributed by atoms with Crippen molar-refractivity contribution in [2.75, 3.05) is 12.4 Å². The van der Waals surface area contributed by atoms with E-state index in [0.29, 0.717) is 17.0 Å². The molecule has 4 N–H and O–H groups in total. The largest absolute Gasteiger partial charge is 0.497 e. The number of nitrogens with one attached hydrogen (secondary N) is 2. The van der Waals surface area contributed by atoms with Gasteiger partial charge in [-0.2, -0.15) is 0 Å². The molecule has 0 radical (unpaired) electrons. The highest BCUT2D eigenvalue weighted by Gasteiger charge is 2.32. The molecule has 0 fully saturated rings. The second kappa shape index (κ2) is 7.89. The van der Waals surface area contributed by atoms with Crippen molar-refractivity contribution in [2.45, 2.75) is 5.92 Å². The molecule has 2 amide bonds. The molecule has 2 aromatic rings. The maximum atomic E-state index is 12.4. The number of amides is 2. The highest BCUT2D eigenvalue weighted by molar-refractivity contribution is 6.45. The second-order valence-electron chi connectivity index (χ2n) is 4.90. The number of hydrogen-bond donors (Lipinski definition) is 3. The van der Waals surface area contributed by atoms with Crippen LogP contribution in [0.3, 0.4) is 0 Å². The Morgan fingerprint density at radius 1 is 1.04 bits per heavy atom. The van der Waals surface area contributed by atoms with Gasteiger partial charge in [0.2, 0.25) is 11.7 Å². The van der Waals surface area contributed by atoms with E-state index in [9.17, 15) is 14.4 Å². The Kier molecular flexibility index (Phi) is 5.64. The summed E-state index contributed by atoms with van der Waals surface area (Å²) in [4.78, 5) is 36.6. The average molecular weight is 327 g/mol. The van der Waals surface area contributed by atoms with Crippen LogP contribution in [0.4, 0.5) is 5.69 Å². The van der Waals surface area contributed by atoms with Crippen LogP contribution in [0.25, 0.3) is 0 Å². The molecule has 0 aromatic heterocycles. The van der Waals surface area contributed by atoms with Crippen molar-refractivity contribution in [3.63, 3.8) is 0 Å². The molecule has 1 atom stereocenters. The fourth-order valence-electron chi connectivity index (χ4n) is 2.18. The lowest BCUT2D eigenvalue weighted by atomic mass is 9.93. The van der Waals surface area contributed by atoms with E-state index in [4.69, 9.17) is 10.6 Å². The Hall–Kier alpha value is -3.19. The summed E-state index contributed by atoms with van der Waals surface area (Å²) in [5, 5.41) is 2.46. The number of hydrazine groups is 1. The zero-order chi connectivity index (χ0) is 17.5. The van der Waals surface area contributed by atoms with Gasteiger partial charge in [0.25, 0.3) is 5.91 Å². The summed E-state index contributed by atoms with van der Waals surface area (Å²) in [5.41, 5.74) is 2.68. The number of ether oxygens (including phenoxy) is 1. The summed E-state index contributed by atoms with van der Waals surface area (Å²) < 4.78 is 5.05. The van der Waals surface area contributed by atoms with Crippen LogP contribution in [0.5, 0.6) is 5.75 Å². The number of nitrogens with two attached hydrogens (primary N) is 1. The number of benzene rings is 2. The normalized spacial score (nSPS) is 11.2. The van der Waals surface area contributed by atoms with Gasteiger partial charge in [-0.05, 0) is 17.7 Å². The van der Waals surface area contributed by atoms with Gasteiger partial charge < -0.3 is 10.1 Å². The Balaban J connectivity index is 2.22. The van der Waals surface area contributed by atoms with Gasteiger partial charge in [0, 0.05) is 11.8 Å². The lowest BCUT2D eigenvalue weighted by molar-refractivity contribution is -0.139. The Bertz CT molecular complexity index is 747.